The van der Waals surface area contributed by atoms with Crippen LogP contribution in [0.1, 0.15) is 16.7 Å². The molecule has 1 aliphatic heterocycles. The average Bonchev–Trinajstić information content (AvgIpc) is 2.16. The van der Waals surface area contributed by atoms with Crippen LogP contribution in [-0.2, 0) is 0 Å². The van der Waals surface area contributed by atoms with Crippen LogP contribution in [0.15, 0.2) is 24.8 Å². The number of aryl methyl sites for hydroxylation is 1. The van der Waals surface area contributed by atoms with Crippen LogP contribution >= 0.6 is 0 Å². The molecule has 0 atom stereocenters. The van der Waals surface area contributed by atoms with Crippen molar-refractivity contribution in [2.24, 2.45) is 0 Å². The van der Waals surface area contributed by atoms with E-state index in [2.05, 4.69) is 31.7 Å². The molecule has 0 bridgehead atoms. The maximum Gasteiger partial charge on any atom is 0.134 e. The van der Waals surface area contributed by atoms with Gasteiger partial charge in [-0.3, -0.25) is 0 Å². The van der Waals surface area contributed by atoms with E-state index in [1.54, 1.807) is 0 Å². The zero-order chi connectivity index (χ0) is 9.26. The van der Waals surface area contributed by atoms with E-state index in [0.29, 0.717) is 6.61 Å². The molecule has 0 saturated heterocycles. The van der Waals surface area contributed by atoms with Gasteiger partial charge in [0.25, 0.3) is 0 Å². The lowest BCUT2D eigenvalue weighted by atomic mass is 10.0. The quantitative estimate of drug-likeness (QED) is 0.632. The van der Waals surface area contributed by atoms with Crippen LogP contribution in [0.25, 0.3) is 12.2 Å². The van der Waals surface area contributed by atoms with E-state index >= 15 is 0 Å². The lowest BCUT2D eigenvalue weighted by Crippen LogP contribution is -2.02. The Morgan fingerprint density at radius 2 is 2.31 bits per heavy atom. The summed E-state index contributed by atoms with van der Waals surface area (Å²) in [6.07, 6.45) is 5.96. The monoisotopic (exact) mass is 172 g/mol. The van der Waals surface area contributed by atoms with Crippen molar-refractivity contribution in [2.45, 2.75) is 6.92 Å². The molecule has 0 N–H and O–H groups in total. The first-order valence-electron chi connectivity index (χ1n) is 4.37. The van der Waals surface area contributed by atoms with Crippen LogP contribution in [0.3, 0.4) is 0 Å². The van der Waals surface area contributed by atoms with Gasteiger partial charge in [-0.15, -0.1) is 0 Å². The molecular weight excluding hydrogens is 160 g/mol. The van der Waals surface area contributed by atoms with Crippen LogP contribution in [0.4, 0.5) is 0 Å². The Morgan fingerprint density at radius 1 is 1.46 bits per heavy atom. The number of ether oxygens (including phenoxy) is 1. The number of benzene rings is 1. The van der Waals surface area contributed by atoms with Gasteiger partial charge in [0.2, 0.25) is 0 Å². The van der Waals surface area contributed by atoms with Gasteiger partial charge in [0.15, 0.2) is 0 Å². The topological polar surface area (TPSA) is 9.23 Å². The molecule has 0 aromatic heterocycles. The van der Waals surface area contributed by atoms with Gasteiger partial charge in [-0.1, -0.05) is 18.7 Å². The summed E-state index contributed by atoms with van der Waals surface area (Å²) in [7, 11) is 0. The molecule has 1 aliphatic rings. The Labute approximate surface area is 78.3 Å². The summed E-state index contributed by atoms with van der Waals surface area (Å²) in [5, 5.41) is 0. The van der Waals surface area contributed by atoms with Crippen molar-refractivity contribution in [2.75, 3.05) is 6.61 Å². The molecule has 0 aliphatic carbocycles. The highest BCUT2D eigenvalue weighted by Crippen LogP contribution is 2.30. The molecule has 2 rings (SSSR count). The summed E-state index contributed by atoms with van der Waals surface area (Å²) in [6, 6.07) is 4.21. The van der Waals surface area contributed by atoms with Crippen LogP contribution < -0.4 is 4.74 Å². The van der Waals surface area contributed by atoms with Crippen molar-refractivity contribution >= 4 is 12.2 Å². The number of hydrogen-bond donors (Lipinski definition) is 0. The Bertz CT molecular complexity index is 375. The molecule has 0 fully saturated rings. The first-order valence-corrected chi connectivity index (χ1v) is 4.37. The Balaban J connectivity index is 2.65. The first-order chi connectivity index (χ1) is 6.31. The molecule has 1 aromatic carbocycles. The summed E-state index contributed by atoms with van der Waals surface area (Å²) in [5.74, 6) is 0.961. The maximum atomic E-state index is 5.54. The van der Waals surface area contributed by atoms with Crippen molar-refractivity contribution in [1.82, 2.24) is 0 Å². The molecular formula is C12H12O. The number of fused-ring (bicyclic) bond motifs is 1. The lowest BCUT2D eigenvalue weighted by Gasteiger charge is -2.15. The highest BCUT2D eigenvalue weighted by atomic mass is 16.5. The van der Waals surface area contributed by atoms with E-state index in [0.717, 1.165) is 16.9 Å². The van der Waals surface area contributed by atoms with Crippen LogP contribution in [0.2, 0.25) is 0 Å². The molecule has 13 heavy (non-hydrogen) atoms. The normalized spacial score (nSPS) is 13.3. The van der Waals surface area contributed by atoms with Gasteiger partial charge < -0.3 is 4.74 Å². The van der Waals surface area contributed by atoms with Crippen molar-refractivity contribution in [3.05, 3.63) is 41.5 Å². The number of hydrogen-bond acceptors (Lipinski definition) is 1. The van der Waals surface area contributed by atoms with Crippen LogP contribution in [0, 0.1) is 6.92 Å². The van der Waals surface area contributed by atoms with Gasteiger partial charge in [-0.25, -0.2) is 0 Å². The van der Waals surface area contributed by atoms with Gasteiger partial charge in [-0.2, -0.15) is 0 Å². The van der Waals surface area contributed by atoms with E-state index < -0.39 is 0 Å². The second-order valence-electron chi connectivity index (χ2n) is 3.19. The zero-order valence-corrected chi connectivity index (χ0v) is 7.71. The summed E-state index contributed by atoms with van der Waals surface area (Å²) in [5.41, 5.74) is 3.48. The van der Waals surface area contributed by atoms with Gasteiger partial charge in [0.1, 0.15) is 12.4 Å². The second kappa shape index (κ2) is 3.09. The second-order valence-corrected chi connectivity index (χ2v) is 3.19. The molecule has 0 saturated carbocycles. The summed E-state index contributed by atoms with van der Waals surface area (Å²) < 4.78 is 5.54. The maximum absolute atomic E-state index is 5.54. The fraction of sp³-hybridized carbons (Fsp3) is 0.167. The van der Waals surface area contributed by atoms with Crippen molar-refractivity contribution < 1.29 is 4.74 Å². The SMILES string of the molecule is C=Cc1cc(C)cc2c1OCC=C2. The van der Waals surface area contributed by atoms with Crippen molar-refractivity contribution in [3.8, 4) is 5.75 Å². The van der Waals surface area contributed by atoms with Gasteiger partial charge in [0.05, 0.1) is 0 Å². The Morgan fingerprint density at radius 3 is 3.08 bits per heavy atom. The van der Waals surface area contributed by atoms with E-state index in [4.69, 9.17) is 4.74 Å². The number of rotatable bonds is 1. The molecule has 0 amide bonds. The predicted octanol–water partition coefficient (Wildman–Crippen LogP) is 3.04. The Kier molecular flexibility index (Phi) is 1.93. The molecule has 1 heterocycles. The summed E-state index contributed by atoms with van der Waals surface area (Å²) >= 11 is 0. The molecule has 1 nitrogen and oxygen atoms in total. The molecule has 0 radical (unpaired) electrons. The molecule has 66 valence electrons. The average molecular weight is 172 g/mol. The minimum absolute atomic E-state index is 0.664. The van der Waals surface area contributed by atoms with E-state index in [1.165, 1.54) is 5.56 Å². The van der Waals surface area contributed by atoms with Gasteiger partial charge in [0, 0.05) is 11.1 Å². The van der Waals surface area contributed by atoms with Crippen LogP contribution in [0.5, 0.6) is 5.75 Å². The minimum Gasteiger partial charge on any atom is -0.488 e. The van der Waals surface area contributed by atoms with Gasteiger partial charge >= 0.3 is 0 Å². The molecule has 0 unspecified atom stereocenters. The van der Waals surface area contributed by atoms with Crippen molar-refractivity contribution in [1.29, 1.82) is 0 Å². The highest BCUT2D eigenvalue weighted by Gasteiger charge is 2.09. The van der Waals surface area contributed by atoms with E-state index in [9.17, 15) is 0 Å². The summed E-state index contributed by atoms with van der Waals surface area (Å²) in [4.78, 5) is 0. The highest BCUT2D eigenvalue weighted by molar-refractivity contribution is 5.69. The smallest absolute Gasteiger partial charge is 0.134 e. The van der Waals surface area contributed by atoms with Crippen LogP contribution in [-0.4, -0.2) is 6.61 Å². The van der Waals surface area contributed by atoms with E-state index in [-0.39, 0.29) is 0 Å². The third kappa shape index (κ3) is 1.37. The Hall–Kier alpha value is -1.50. The van der Waals surface area contributed by atoms with E-state index in [1.807, 2.05) is 12.2 Å². The zero-order valence-electron chi connectivity index (χ0n) is 7.71. The van der Waals surface area contributed by atoms with Crippen molar-refractivity contribution in [3.63, 3.8) is 0 Å². The molecule has 1 heteroatoms. The minimum atomic E-state index is 0.664. The lowest BCUT2D eigenvalue weighted by molar-refractivity contribution is 0.357. The third-order valence-corrected chi connectivity index (χ3v) is 2.13. The largest absolute Gasteiger partial charge is 0.488 e. The van der Waals surface area contributed by atoms with Gasteiger partial charge in [-0.05, 0) is 30.7 Å². The fourth-order valence-electron chi connectivity index (χ4n) is 1.58. The fourth-order valence-corrected chi connectivity index (χ4v) is 1.58. The standard InChI is InChI=1S/C12H12O/c1-3-10-7-9(2)8-11-5-4-6-13-12(10)11/h3-5,7-8H,1,6H2,2H3. The third-order valence-electron chi connectivity index (χ3n) is 2.13. The first kappa shape index (κ1) is 8.11. The molecule has 0 spiro atoms. The molecule has 1 aromatic rings. The summed E-state index contributed by atoms with van der Waals surface area (Å²) in [6.45, 7) is 6.52. The predicted molar refractivity (Wildman–Crippen MR) is 55.8 cm³/mol.